The molecule has 0 aliphatic heterocycles. The van der Waals surface area contributed by atoms with Gasteiger partial charge >= 0.3 is 0 Å². The highest BCUT2D eigenvalue weighted by molar-refractivity contribution is 7.92. The van der Waals surface area contributed by atoms with Crippen LogP contribution in [0.15, 0.2) is 83.8 Å². The lowest BCUT2D eigenvalue weighted by Gasteiger charge is -2.25. The molecule has 0 heterocycles. The number of amides is 1. The van der Waals surface area contributed by atoms with Gasteiger partial charge in [-0.05, 0) is 54.8 Å². The molecule has 162 valence electrons. The van der Waals surface area contributed by atoms with E-state index >= 15 is 0 Å². The number of sulfonamides is 1. The first kappa shape index (κ1) is 22.8. The van der Waals surface area contributed by atoms with Crippen LogP contribution in [-0.4, -0.2) is 20.9 Å². The molecule has 1 atom stereocenters. The van der Waals surface area contributed by atoms with Gasteiger partial charge in [-0.25, -0.2) is 8.42 Å². The molecule has 1 amide bonds. The first-order valence-electron chi connectivity index (χ1n) is 10.0. The van der Waals surface area contributed by atoms with Crippen molar-refractivity contribution in [3.8, 4) is 0 Å². The molecule has 3 rings (SSSR count). The number of carbonyl (C=O) groups excluding carboxylic acids is 1. The second-order valence-corrected chi connectivity index (χ2v) is 9.49. The average molecular weight is 457 g/mol. The Bertz CT molecular complexity index is 1130. The summed E-state index contributed by atoms with van der Waals surface area (Å²) in [7, 11) is -3.96. The largest absolute Gasteiger partial charge is 0.348 e. The number of carbonyl (C=O) groups is 1. The summed E-state index contributed by atoms with van der Waals surface area (Å²) in [6, 6.07) is 22.2. The Balaban J connectivity index is 1.85. The predicted molar refractivity (Wildman–Crippen MR) is 125 cm³/mol. The minimum absolute atomic E-state index is 0.103. The van der Waals surface area contributed by atoms with Crippen molar-refractivity contribution in [1.29, 1.82) is 0 Å². The smallest absolute Gasteiger partial charge is 0.264 e. The Labute approximate surface area is 188 Å². The van der Waals surface area contributed by atoms with E-state index in [2.05, 4.69) is 12.2 Å². The lowest BCUT2D eigenvalue weighted by Crippen LogP contribution is -2.41. The van der Waals surface area contributed by atoms with E-state index in [1.807, 2.05) is 31.2 Å². The molecule has 0 saturated heterocycles. The Morgan fingerprint density at radius 1 is 1.00 bits per heavy atom. The maximum atomic E-state index is 13.3. The molecule has 5 nitrogen and oxygen atoms in total. The zero-order valence-electron chi connectivity index (χ0n) is 17.5. The third-order valence-corrected chi connectivity index (χ3v) is 7.00. The van der Waals surface area contributed by atoms with Crippen molar-refractivity contribution in [2.24, 2.45) is 0 Å². The third-order valence-electron chi connectivity index (χ3n) is 4.98. The van der Waals surface area contributed by atoms with Gasteiger partial charge in [-0.15, -0.1) is 0 Å². The van der Waals surface area contributed by atoms with Crippen LogP contribution in [0.4, 0.5) is 5.69 Å². The van der Waals surface area contributed by atoms with Gasteiger partial charge in [0.1, 0.15) is 6.54 Å². The molecule has 31 heavy (non-hydrogen) atoms. The first-order chi connectivity index (χ1) is 14.8. The zero-order chi connectivity index (χ0) is 22.4. The van der Waals surface area contributed by atoms with Crippen LogP contribution < -0.4 is 9.62 Å². The number of aryl methyl sites for hydroxylation is 1. The number of rotatable bonds is 8. The Kier molecular flexibility index (Phi) is 7.36. The fourth-order valence-electron chi connectivity index (χ4n) is 3.21. The fourth-order valence-corrected chi connectivity index (χ4v) is 4.83. The number of hydrogen-bond donors (Lipinski definition) is 1. The van der Waals surface area contributed by atoms with Crippen LogP contribution >= 0.6 is 11.6 Å². The second-order valence-electron chi connectivity index (χ2n) is 7.19. The van der Waals surface area contributed by atoms with Crippen molar-refractivity contribution in [1.82, 2.24) is 5.32 Å². The number of nitrogens with one attached hydrogen (secondary N) is 1. The van der Waals surface area contributed by atoms with E-state index in [9.17, 15) is 13.2 Å². The molecule has 0 aromatic heterocycles. The molecular weight excluding hydrogens is 432 g/mol. The van der Waals surface area contributed by atoms with Gasteiger partial charge in [-0.3, -0.25) is 9.10 Å². The normalized spacial score (nSPS) is 12.2. The van der Waals surface area contributed by atoms with E-state index in [0.29, 0.717) is 10.7 Å². The van der Waals surface area contributed by atoms with E-state index in [0.717, 1.165) is 16.3 Å². The molecule has 3 aromatic rings. The molecule has 0 saturated carbocycles. The molecule has 0 fully saturated rings. The van der Waals surface area contributed by atoms with E-state index in [-0.39, 0.29) is 17.5 Å². The third kappa shape index (κ3) is 5.66. The molecule has 0 spiro atoms. The van der Waals surface area contributed by atoms with Crippen molar-refractivity contribution in [2.75, 3.05) is 10.8 Å². The van der Waals surface area contributed by atoms with Crippen LogP contribution in [0.1, 0.15) is 31.0 Å². The minimum Gasteiger partial charge on any atom is -0.348 e. The average Bonchev–Trinajstić information content (AvgIpc) is 2.78. The summed E-state index contributed by atoms with van der Waals surface area (Å²) in [4.78, 5) is 12.9. The van der Waals surface area contributed by atoms with Gasteiger partial charge in [0.25, 0.3) is 10.0 Å². The van der Waals surface area contributed by atoms with Gasteiger partial charge in [0, 0.05) is 5.02 Å². The van der Waals surface area contributed by atoms with E-state index < -0.39 is 15.9 Å². The fraction of sp³-hybridized carbons (Fsp3) is 0.208. The summed E-state index contributed by atoms with van der Waals surface area (Å²) in [6.45, 7) is 3.58. The number of anilines is 1. The van der Waals surface area contributed by atoms with Gasteiger partial charge < -0.3 is 5.32 Å². The standard InChI is InChI=1S/C24H25ClN2O3S/c1-3-19-12-14-20(15-13-19)18(2)26-24(28)17-27(22-9-7-8-21(25)16-22)31(29,30)23-10-5-4-6-11-23/h4-16,18H,3,17H2,1-2H3,(H,26,28)/t18-/m0/s1. The highest BCUT2D eigenvalue weighted by atomic mass is 35.5. The first-order valence-corrected chi connectivity index (χ1v) is 11.8. The van der Waals surface area contributed by atoms with E-state index in [1.54, 1.807) is 36.4 Å². The number of nitrogens with zero attached hydrogens (tertiary/aromatic N) is 1. The molecule has 0 unspecified atom stereocenters. The predicted octanol–water partition coefficient (Wildman–Crippen LogP) is 4.98. The van der Waals surface area contributed by atoms with Crippen LogP contribution in [0, 0.1) is 0 Å². The van der Waals surface area contributed by atoms with Crippen molar-refractivity contribution in [3.05, 3.63) is 95.0 Å². The molecule has 7 heteroatoms. The summed E-state index contributed by atoms with van der Waals surface area (Å²) in [5.41, 5.74) is 2.49. The van der Waals surface area contributed by atoms with Crippen LogP contribution in [0.2, 0.25) is 5.02 Å². The Hall–Kier alpha value is -2.83. The minimum atomic E-state index is -3.96. The molecular formula is C24H25ClN2O3S. The lowest BCUT2D eigenvalue weighted by molar-refractivity contribution is -0.120. The summed E-state index contributed by atoms with van der Waals surface area (Å²) in [5.74, 6) is -0.411. The van der Waals surface area contributed by atoms with Gasteiger partial charge in [-0.2, -0.15) is 0 Å². The highest BCUT2D eigenvalue weighted by Crippen LogP contribution is 2.26. The molecule has 0 bridgehead atoms. The van der Waals surface area contributed by atoms with Crippen LogP contribution in [-0.2, 0) is 21.2 Å². The summed E-state index contributed by atoms with van der Waals surface area (Å²) in [6.07, 6.45) is 0.937. The molecule has 0 aliphatic carbocycles. The Morgan fingerprint density at radius 3 is 2.29 bits per heavy atom. The molecule has 0 aliphatic rings. The molecule has 0 radical (unpaired) electrons. The van der Waals surface area contributed by atoms with Gasteiger partial charge in [0.05, 0.1) is 16.6 Å². The van der Waals surface area contributed by atoms with E-state index in [1.165, 1.54) is 23.8 Å². The van der Waals surface area contributed by atoms with Crippen LogP contribution in [0.3, 0.4) is 0 Å². The zero-order valence-corrected chi connectivity index (χ0v) is 19.0. The molecule has 1 N–H and O–H groups in total. The lowest BCUT2D eigenvalue weighted by atomic mass is 10.1. The quantitative estimate of drug-likeness (QED) is 0.520. The van der Waals surface area contributed by atoms with Gasteiger partial charge in [0.15, 0.2) is 0 Å². The van der Waals surface area contributed by atoms with Gasteiger partial charge in [0.2, 0.25) is 5.91 Å². The van der Waals surface area contributed by atoms with Crippen molar-refractivity contribution >= 4 is 33.2 Å². The van der Waals surface area contributed by atoms with Crippen molar-refractivity contribution < 1.29 is 13.2 Å². The maximum absolute atomic E-state index is 13.3. The van der Waals surface area contributed by atoms with Crippen LogP contribution in [0.5, 0.6) is 0 Å². The maximum Gasteiger partial charge on any atom is 0.264 e. The van der Waals surface area contributed by atoms with Crippen molar-refractivity contribution in [3.63, 3.8) is 0 Å². The summed E-state index contributed by atoms with van der Waals surface area (Å²) in [5, 5.41) is 3.28. The number of benzene rings is 3. The second kappa shape index (κ2) is 9.98. The highest BCUT2D eigenvalue weighted by Gasteiger charge is 2.27. The topological polar surface area (TPSA) is 66.5 Å². The summed E-state index contributed by atoms with van der Waals surface area (Å²) >= 11 is 6.09. The van der Waals surface area contributed by atoms with Gasteiger partial charge in [-0.1, -0.05) is 67.1 Å². The number of hydrogen-bond acceptors (Lipinski definition) is 3. The SMILES string of the molecule is CCc1ccc([C@H](C)NC(=O)CN(c2cccc(Cl)c2)S(=O)(=O)c2ccccc2)cc1. The monoisotopic (exact) mass is 456 g/mol. The van der Waals surface area contributed by atoms with Crippen LogP contribution in [0.25, 0.3) is 0 Å². The molecule has 3 aromatic carbocycles. The summed E-state index contributed by atoms with van der Waals surface area (Å²) < 4.78 is 27.7. The van der Waals surface area contributed by atoms with E-state index in [4.69, 9.17) is 11.6 Å². The van der Waals surface area contributed by atoms with Crippen molar-refractivity contribution in [2.45, 2.75) is 31.2 Å². The number of halogens is 1. The Morgan fingerprint density at radius 2 is 1.68 bits per heavy atom.